The van der Waals surface area contributed by atoms with Gasteiger partial charge in [-0.15, -0.1) is 0 Å². The van der Waals surface area contributed by atoms with Crippen molar-refractivity contribution in [3.05, 3.63) is 46.8 Å². The van der Waals surface area contributed by atoms with Gasteiger partial charge in [0.1, 0.15) is 11.7 Å². The SMILES string of the molecule is CNC(=O)C1CC2(CCN(c3ccc(C#N)c(C(F)(F)F)c3)CC2)CN1C(=O)c1cc(C)[nH]n1. The number of rotatable bonds is 3. The predicted molar refractivity (Wildman–Crippen MR) is 117 cm³/mol. The van der Waals surface area contributed by atoms with Crippen molar-refractivity contribution in [2.75, 3.05) is 31.6 Å². The number of alkyl halides is 3. The Labute approximate surface area is 194 Å². The van der Waals surface area contributed by atoms with Gasteiger partial charge in [0, 0.05) is 38.1 Å². The molecule has 11 heteroatoms. The van der Waals surface area contributed by atoms with Crippen LogP contribution in [-0.2, 0) is 11.0 Å². The first-order valence-corrected chi connectivity index (χ1v) is 11.0. The van der Waals surface area contributed by atoms with Gasteiger partial charge >= 0.3 is 6.18 Å². The molecule has 180 valence electrons. The number of likely N-dealkylation sites (N-methyl/N-ethyl adjacent to an activating group) is 1. The van der Waals surface area contributed by atoms with E-state index in [1.165, 1.54) is 19.2 Å². The Bertz CT molecular complexity index is 1140. The van der Waals surface area contributed by atoms with Crippen molar-refractivity contribution in [1.29, 1.82) is 5.26 Å². The highest BCUT2D eigenvalue weighted by molar-refractivity contribution is 5.96. The summed E-state index contributed by atoms with van der Waals surface area (Å²) in [5, 5.41) is 18.4. The highest BCUT2D eigenvalue weighted by atomic mass is 19.4. The third-order valence-corrected chi connectivity index (χ3v) is 6.86. The van der Waals surface area contributed by atoms with Crippen LogP contribution < -0.4 is 10.2 Å². The van der Waals surface area contributed by atoms with E-state index in [1.807, 2.05) is 4.90 Å². The molecule has 1 unspecified atom stereocenters. The molecule has 0 saturated carbocycles. The first-order valence-electron chi connectivity index (χ1n) is 11.0. The quantitative estimate of drug-likeness (QED) is 0.712. The molecule has 2 aromatic rings. The molecule has 8 nitrogen and oxygen atoms in total. The molecule has 2 aliphatic heterocycles. The summed E-state index contributed by atoms with van der Waals surface area (Å²) in [5.41, 5.74) is -0.271. The molecule has 1 spiro atoms. The Kier molecular flexibility index (Phi) is 6.02. The van der Waals surface area contributed by atoms with Gasteiger partial charge in [0.2, 0.25) is 5.91 Å². The molecule has 0 aliphatic carbocycles. The molecule has 0 bridgehead atoms. The van der Waals surface area contributed by atoms with Gasteiger partial charge in [-0.3, -0.25) is 14.7 Å². The van der Waals surface area contributed by atoms with Crippen molar-refractivity contribution >= 4 is 17.5 Å². The number of piperidine rings is 1. The first-order chi connectivity index (χ1) is 16.1. The number of nitriles is 1. The van der Waals surface area contributed by atoms with E-state index in [0.717, 1.165) is 11.8 Å². The number of benzene rings is 1. The Hall–Kier alpha value is -3.55. The lowest BCUT2D eigenvalue weighted by Crippen LogP contribution is -2.45. The number of aromatic nitrogens is 2. The number of amides is 2. The molecule has 2 aliphatic rings. The number of halogens is 3. The number of hydrogen-bond acceptors (Lipinski definition) is 5. The predicted octanol–water partition coefficient (Wildman–Crippen LogP) is 2.86. The maximum atomic E-state index is 13.4. The number of H-pyrrole nitrogens is 1. The van der Waals surface area contributed by atoms with Crippen molar-refractivity contribution in [2.45, 2.75) is 38.4 Å². The van der Waals surface area contributed by atoms with Crippen molar-refractivity contribution in [2.24, 2.45) is 5.41 Å². The molecule has 34 heavy (non-hydrogen) atoms. The zero-order chi connectivity index (χ0) is 24.7. The molecule has 3 heterocycles. The molecular formula is C23H25F3N6O2. The van der Waals surface area contributed by atoms with Crippen molar-refractivity contribution in [3.8, 4) is 6.07 Å². The zero-order valence-electron chi connectivity index (χ0n) is 18.9. The van der Waals surface area contributed by atoms with Crippen molar-refractivity contribution in [3.63, 3.8) is 0 Å². The summed E-state index contributed by atoms with van der Waals surface area (Å²) in [5.74, 6) is -0.569. The number of aromatic amines is 1. The standard InChI is InChI=1S/C23H25F3N6O2/c1-14-9-18(30-29-14)21(34)32-13-22(11-19(32)20(33)28-2)5-7-31(8-6-22)16-4-3-15(12-27)17(10-16)23(24,25)26/h3-4,9-10,19H,5-8,11,13H2,1-2H3,(H,28,33)(H,29,30). The van der Waals surface area contributed by atoms with E-state index in [-0.39, 0.29) is 22.9 Å². The second-order valence-corrected chi connectivity index (χ2v) is 9.03. The van der Waals surface area contributed by atoms with E-state index < -0.39 is 23.3 Å². The normalized spacial score (nSPS) is 19.8. The molecular weight excluding hydrogens is 449 g/mol. The molecule has 2 amide bonds. The van der Waals surface area contributed by atoms with Gasteiger partial charge < -0.3 is 15.1 Å². The minimum absolute atomic E-state index is 0.248. The average molecular weight is 474 g/mol. The molecule has 0 radical (unpaired) electrons. The van der Waals surface area contributed by atoms with Crippen LogP contribution in [0, 0.1) is 23.7 Å². The summed E-state index contributed by atoms with van der Waals surface area (Å²) in [4.78, 5) is 29.1. The second-order valence-electron chi connectivity index (χ2n) is 9.03. The lowest BCUT2D eigenvalue weighted by molar-refractivity contribution is -0.137. The van der Waals surface area contributed by atoms with E-state index >= 15 is 0 Å². The van der Waals surface area contributed by atoms with Crippen molar-refractivity contribution in [1.82, 2.24) is 20.4 Å². The van der Waals surface area contributed by atoms with E-state index in [0.29, 0.717) is 44.6 Å². The zero-order valence-corrected chi connectivity index (χ0v) is 18.9. The van der Waals surface area contributed by atoms with Gasteiger partial charge in [-0.05, 0) is 55.9 Å². The summed E-state index contributed by atoms with van der Waals surface area (Å²) in [6, 6.07) is 6.36. The van der Waals surface area contributed by atoms with Crippen LogP contribution >= 0.6 is 0 Å². The van der Waals surface area contributed by atoms with Crippen LogP contribution in [-0.4, -0.2) is 59.6 Å². The maximum Gasteiger partial charge on any atom is 0.417 e. The fourth-order valence-corrected chi connectivity index (χ4v) is 5.01. The summed E-state index contributed by atoms with van der Waals surface area (Å²) < 4.78 is 40.1. The van der Waals surface area contributed by atoms with Gasteiger partial charge in [0.25, 0.3) is 5.91 Å². The number of carbonyl (C=O) groups excluding carboxylic acids is 2. The molecule has 4 rings (SSSR count). The minimum Gasteiger partial charge on any atom is -0.371 e. The molecule has 2 N–H and O–H groups in total. The van der Waals surface area contributed by atoms with Gasteiger partial charge in [-0.25, -0.2) is 0 Å². The number of hydrogen-bond donors (Lipinski definition) is 2. The molecule has 1 atom stereocenters. The van der Waals surface area contributed by atoms with Gasteiger partial charge in [-0.1, -0.05) is 0 Å². The Morgan fingerprint density at radius 1 is 1.26 bits per heavy atom. The maximum absolute atomic E-state index is 13.4. The van der Waals surface area contributed by atoms with Crippen LogP contribution in [0.25, 0.3) is 0 Å². The van der Waals surface area contributed by atoms with E-state index in [9.17, 15) is 22.8 Å². The third-order valence-electron chi connectivity index (χ3n) is 6.86. The number of likely N-dealkylation sites (tertiary alicyclic amines) is 1. The molecule has 1 aromatic carbocycles. The topological polar surface area (TPSA) is 105 Å². The smallest absolute Gasteiger partial charge is 0.371 e. The van der Waals surface area contributed by atoms with Crippen molar-refractivity contribution < 1.29 is 22.8 Å². The Morgan fingerprint density at radius 3 is 2.53 bits per heavy atom. The summed E-state index contributed by atoms with van der Waals surface area (Å²) >= 11 is 0. The molecule has 2 fully saturated rings. The number of nitrogens with one attached hydrogen (secondary N) is 2. The van der Waals surface area contributed by atoms with Gasteiger partial charge in [0.15, 0.2) is 0 Å². The summed E-state index contributed by atoms with van der Waals surface area (Å²) in [6.07, 6.45) is -2.90. The van der Waals surface area contributed by atoms with Crippen LogP contribution in [0.5, 0.6) is 0 Å². The number of anilines is 1. The number of nitrogens with zero attached hydrogens (tertiary/aromatic N) is 4. The number of carbonyl (C=O) groups is 2. The highest BCUT2D eigenvalue weighted by Gasteiger charge is 2.50. The molecule has 1 aromatic heterocycles. The Morgan fingerprint density at radius 2 is 1.97 bits per heavy atom. The van der Waals surface area contributed by atoms with Crippen LogP contribution in [0.1, 0.15) is 46.6 Å². The monoisotopic (exact) mass is 474 g/mol. The van der Waals surface area contributed by atoms with Crippen LogP contribution in [0.15, 0.2) is 24.3 Å². The average Bonchev–Trinajstić information content (AvgIpc) is 3.42. The number of aryl methyl sites for hydroxylation is 1. The summed E-state index contributed by atoms with van der Waals surface area (Å²) in [7, 11) is 1.53. The van der Waals surface area contributed by atoms with Crippen LogP contribution in [0.3, 0.4) is 0 Å². The first kappa shape index (κ1) is 23.6. The largest absolute Gasteiger partial charge is 0.417 e. The highest BCUT2D eigenvalue weighted by Crippen LogP contribution is 2.45. The van der Waals surface area contributed by atoms with E-state index in [4.69, 9.17) is 5.26 Å². The molecule has 2 saturated heterocycles. The minimum atomic E-state index is -4.62. The van der Waals surface area contributed by atoms with E-state index in [2.05, 4.69) is 15.5 Å². The summed E-state index contributed by atoms with van der Waals surface area (Å²) in [6.45, 7) is 3.12. The van der Waals surface area contributed by atoms with Gasteiger partial charge in [0.05, 0.1) is 17.2 Å². The lowest BCUT2D eigenvalue weighted by Gasteiger charge is -2.40. The van der Waals surface area contributed by atoms with Crippen LogP contribution in [0.4, 0.5) is 18.9 Å². The van der Waals surface area contributed by atoms with Crippen LogP contribution in [0.2, 0.25) is 0 Å². The fourth-order valence-electron chi connectivity index (χ4n) is 5.01. The Balaban J connectivity index is 1.53. The van der Waals surface area contributed by atoms with E-state index in [1.54, 1.807) is 24.0 Å². The lowest BCUT2D eigenvalue weighted by atomic mass is 9.76. The fraction of sp³-hybridized carbons (Fsp3) is 0.478. The second kappa shape index (κ2) is 8.66. The van der Waals surface area contributed by atoms with Gasteiger partial charge in [-0.2, -0.15) is 23.5 Å². The third kappa shape index (κ3) is 4.32.